The molecule has 0 aliphatic heterocycles. The summed E-state index contributed by atoms with van der Waals surface area (Å²) in [4.78, 5) is 28.1. The fourth-order valence-electron chi connectivity index (χ4n) is 2.42. The van der Waals surface area contributed by atoms with Crippen LogP contribution in [0.15, 0.2) is 64.8 Å². The van der Waals surface area contributed by atoms with Crippen LogP contribution in [0.1, 0.15) is 6.92 Å². The number of nitrogens with one attached hydrogen (secondary N) is 1. The van der Waals surface area contributed by atoms with Gasteiger partial charge in [-0.15, -0.1) is 0 Å². The third-order valence-electron chi connectivity index (χ3n) is 3.99. The summed E-state index contributed by atoms with van der Waals surface area (Å²) in [5.74, 6) is -0.331. The predicted octanol–water partition coefficient (Wildman–Crippen LogP) is 3.27. The number of ketones is 1. The van der Waals surface area contributed by atoms with Gasteiger partial charge in [0.15, 0.2) is 5.78 Å². The van der Waals surface area contributed by atoms with Crippen molar-refractivity contribution in [3.05, 3.63) is 54.6 Å². The number of azo groups is 1. The number of ether oxygens (including phenoxy) is 3. The van der Waals surface area contributed by atoms with Crippen molar-refractivity contribution in [3.63, 3.8) is 0 Å². The van der Waals surface area contributed by atoms with Crippen LogP contribution in [0.3, 0.4) is 0 Å². The van der Waals surface area contributed by atoms with E-state index in [1.165, 1.54) is 6.92 Å². The number of nitrogens with zero attached hydrogens (tertiary/aromatic N) is 2. The van der Waals surface area contributed by atoms with Gasteiger partial charge in [0.25, 0.3) is 5.91 Å². The number of amides is 1. The first-order valence-electron chi connectivity index (χ1n) is 10.0. The monoisotopic (exact) mass is 445 g/mol. The van der Waals surface area contributed by atoms with Gasteiger partial charge < -0.3 is 19.5 Å². The summed E-state index contributed by atoms with van der Waals surface area (Å²) in [6.07, 6.45) is 0. The highest BCUT2D eigenvalue weighted by molar-refractivity contribution is 6.10. The quantitative estimate of drug-likeness (QED) is 0.142. The molecule has 1 atom stereocenters. The number of rotatable bonds is 15. The van der Waals surface area contributed by atoms with Crippen LogP contribution < -0.4 is 10.1 Å². The van der Waals surface area contributed by atoms with Crippen molar-refractivity contribution in [1.29, 1.82) is 0 Å². The van der Waals surface area contributed by atoms with E-state index in [2.05, 4.69) is 20.4 Å². The second-order valence-corrected chi connectivity index (χ2v) is 6.48. The molecule has 0 aromatic heterocycles. The summed E-state index contributed by atoms with van der Waals surface area (Å²) in [6.45, 7) is 3.25. The Morgan fingerprint density at radius 3 is 2.16 bits per heavy atom. The van der Waals surface area contributed by atoms with Gasteiger partial charge in [-0.1, -0.05) is 18.2 Å². The standard InChI is InChI=1S/C22H27N3O7/c1-17(26)21(22(27)23-18-5-3-2-4-6-18)25-24-19-7-9-20(10-8-19)31-15-13-29-11-12-30-14-16-32-28/h2-10,21,28H,11-16H2,1H3,(H,23,27). The Bertz CT molecular complexity index is 844. The van der Waals surface area contributed by atoms with Crippen molar-refractivity contribution in [2.45, 2.75) is 13.0 Å². The normalized spacial score (nSPS) is 11.9. The van der Waals surface area contributed by atoms with Crippen LogP contribution in [-0.4, -0.2) is 62.6 Å². The van der Waals surface area contributed by atoms with E-state index in [0.717, 1.165) is 0 Å². The Kier molecular flexibility index (Phi) is 11.6. The second kappa shape index (κ2) is 14.8. The molecule has 0 aliphatic rings. The van der Waals surface area contributed by atoms with E-state index >= 15 is 0 Å². The molecule has 0 radical (unpaired) electrons. The molecular formula is C22H27N3O7. The van der Waals surface area contributed by atoms with Gasteiger partial charge in [-0.25, -0.2) is 4.89 Å². The lowest BCUT2D eigenvalue weighted by Crippen LogP contribution is -2.31. The summed E-state index contributed by atoms with van der Waals surface area (Å²) < 4.78 is 16.1. The highest BCUT2D eigenvalue weighted by atomic mass is 17.1. The van der Waals surface area contributed by atoms with Gasteiger partial charge >= 0.3 is 0 Å². The smallest absolute Gasteiger partial charge is 0.258 e. The minimum Gasteiger partial charge on any atom is -0.491 e. The summed E-state index contributed by atoms with van der Waals surface area (Å²) in [5, 5.41) is 18.7. The average Bonchev–Trinajstić information content (AvgIpc) is 2.79. The molecule has 10 heteroatoms. The van der Waals surface area contributed by atoms with Gasteiger partial charge in [0.05, 0.1) is 32.1 Å². The first kappa shape index (κ1) is 25.1. The maximum absolute atomic E-state index is 12.3. The molecule has 0 heterocycles. The molecule has 1 amide bonds. The SMILES string of the molecule is CC(=O)C(N=Nc1ccc(OCCOCCOCCOO)cc1)C(=O)Nc1ccccc1. The van der Waals surface area contributed by atoms with Crippen molar-refractivity contribution < 1.29 is 33.9 Å². The number of Topliss-reactive ketones (excluding diaryl/α,β-unsaturated/α-hetero) is 1. The summed E-state index contributed by atoms with van der Waals surface area (Å²) >= 11 is 0. The first-order chi connectivity index (χ1) is 15.6. The number of carbonyl (C=O) groups excluding carboxylic acids is 2. The zero-order valence-electron chi connectivity index (χ0n) is 17.8. The largest absolute Gasteiger partial charge is 0.491 e. The van der Waals surface area contributed by atoms with Crippen molar-refractivity contribution in [3.8, 4) is 5.75 Å². The van der Waals surface area contributed by atoms with Crippen LogP contribution in [0.4, 0.5) is 11.4 Å². The lowest BCUT2D eigenvalue weighted by atomic mass is 10.2. The third kappa shape index (κ3) is 9.75. The average molecular weight is 445 g/mol. The molecule has 0 aliphatic carbocycles. The maximum atomic E-state index is 12.3. The number of carbonyl (C=O) groups is 2. The molecule has 0 bridgehead atoms. The number of benzene rings is 2. The van der Waals surface area contributed by atoms with Crippen LogP contribution in [0.5, 0.6) is 5.75 Å². The van der Waals surface area contributed by atoms with Crippen LogP contribution in [-0.2, 0) is 24.0 Å². The minimum atomic E-state index is -1.23. The molecule has 32 heavy (non-hydrogen) atoms. The number of hydrogen-bond acceptors (Lipinski definition) is 9. The predicted molar refractivity (Wildman–Crippen MR) is 116 cm³/mol. The molecule has 0 saturated heterocycles. The lowest BCUT2D eigenvalue weighted by molar-refractivity contribution is -0.249. The highest BCUT2D eigenvalue weighted by Crippen LogP contribution is 2.19. The Morgan fingerprint density at radius 1 is 0.906 bits per heavy atom. The first-order valence-corrected chi connectivity index (χ1v) is 10.0. The van der Waals surface area contributed by atoms with Crippen LogP contribution in [0, 0.1) is 0 Å². The van der Waals surface area contributed by atoms with E-state index in [-0.39, 0.29) is 6.61 Å². The van der Waals surface area contributed by atoms with Crippen molar-refractivity contribution in [2.75, 3.05) is 45.0 Å². The molecule has 2 aromatic rings. The zero-order chi connectivity index (χ0) is 23.0. The number of para-hydroxylation sites is 1. The van der Waals surface area contributed by atoms with E-state index in [4.69, 9.17) is 19.5 Å². The van der Waals surface area contributed by atoms with E-state index in [9.17, 15) is 9.59 Å². The summed E-state index contributed by atoms with van der Waals surface area (Å²) in [5.41, 5.74) is 1.06. The molecule has 10 nitrogen and oxygen atoms in total. The molecule has 172 valence electrons. The van der Waals surface area contributed by atoms with Crippen molar-refractivity contribution in [1.82, 2.24) is 0 Å². The molecule has 0 spiro atoms. The Hall–Kier alpha value is -3.18. The third-order valence-corrected chi connectivity index (χ3v) is 3.99. The number of anilines is 1. The Labute approximate surface area is 186 Å². The van der Waals surface area contributed by atoms with E-state index in [0.29, 0.717) is 50.2 Å². The van der Waals surface area contributed by atoms with Gasteiger partial charge in [-0.05, 0) is 43.3 Å². The van der Waals surface area contributed by atoms with E-state index in [1.807, 2.05) is 6.07 Å². The lowest BCUT2D eigenvalue weighted by Gasteiger charge is -2.09. The second-order valence-electron chi connectivity index (χ2n) is 6.48. The minimum absolute atomic E-state index is 0.120. The van der Waals surface area contributed by atoms with Crippen LogP contribution >= 0.6 is 0 Å². The number of hydrogen-bond donors (Lipinski definition) is 2. The topological polar surface area (TPSA) is 128 Å². The van der Waals surface area contributed by atoms with Gasteiger partial charge in [-0.2, -0.15) is 10.2 Å². The molecule has 2 aromatic carbocycles. The fraction of sp³-hybridized carbons (Fsp3) is 0.364. The molecule has 0 fully saturated rings. The van der Waals surface area contributed by atoms with Gasteiger partial charge in [0.2, 0.25) is 6.04 Å². The fourth-order valence-corrected chi connectivity index (χ4v) is 2.42. The molecular weight excluding hydrogens is 418 g/mol. The molecule has 0 saturated carbocycles. The Morgan fingerprint density at radius 2 is 1.53 bits per heavy atom. The van der Waals surface area contributed by atoms with Crippen molar-refractivity contribution in [2.24, 2.45) is 10.2 Å². The molecule has 1 unspecified atom stereocenters. The van der Waals surface area contributed by atoms with Crippen LogP contribution in [0.25, 0.3) is 0 Å². The zero-order valence-corrected chi connectivity index (χ0v) is 17.8. The summed E-state index contributed by atoms with van der Waals surface area (Å²) in [6, 6.07) is 14.3. The van der Waals surface area contributed by atoms with Gasteiger partial charge in [0.1, 0.15) is 19.0 Å². The van der Waals surface area contributed by atoms with Gasteiger partial charge in [-0.3, -0.25) is 14.8 Å². The van der Waals surface area contributed by atoms with Crippen LogP contribution in [0.2, 0.25) is 0 Å². The van der Waals surface area contributed by atoms with Crippen molar-refractivity contribution >= 4 is 23.1 Å². The Balaban J connectivity index is 1.75. The highest BCUT2D eigenvalue weighted by Gasteiger charge is 2.23. The van der Waals surface area contributed by atoms with E-state index in [1.54, 1.807) is 48.5 Å². The molecule has 2 N–H and O–H groups in total. The van der Waals surface area contributed by atoms with E-state index < -0.39 is 17.7 Å². The molecule has 2 rings (SSSR count). The van der Waals surface area contributed by atoms with Gasteiger partial charge in [0, 0.05) is 5.69 Å². The maximum Gasteiger partial charge on any atom is 0.258 e. The summed E-state index contributed by atoms with van der Waals surface area (Å²) in [7, 11) is 0.